The van der Waals surface area contributed by atoms with Gasteiger partial charge in [-0.25, -0.2) is 4.98 Å². The maximum atomic E-state index is 9.59. The molecule has 5 nitrogen and oxygen atoms in total. The summed E-state index contributed by atoms with van der Waals surface area (Å²) in [6, 6.07) is 3.88. The highest BCUT2D eigenvalue weighted by molar-refractivity contribution is 5.66. The van der Waals surface area contributed by atoms with E-state index in [1.807, 2.05) is 12.1 Å². The third-order valence-electron chi connectivity index (χ3n) is 3.78. The third kappa shape index (κ3) is 2.10. The third-order valence-corrected chi connectivity index (χ3v) is 3.78. The Morgan fingerprint density at radius 1 is 1.17 bits per heavy atom. The minimum atomic E-state index is -0.223. The summed E-state index contributed by atoms with van der Waals surface area (Å²) in [7, 11) is 0. The molecule has 0 saturated carbocycles. The van der Waals surface area contributed by atoms with E-state index in [9.17, 15) is 5.11 Å². The number of nitrogen functional groups attached to an aromatic ring is 1. The Bertz CT molecular complexity index is 431. The van der Waals surface area contributed by atoms with E-state index in [0.717, 1.165) is 43.4 Å². The number of β-amino-alcohol motifs (C(OH)–C–C–N with tert-alkyl or cyclic N) is 1. The molecule has 2 fully saturated rings. The molecular formula is C13H20N4O. The predicted octanol–water partition coefficient (Wildman–Crippen LogP) is 0.835. The maximum absolute atomic E-state index is 9.59. The number of aliphatic hydroxyl groups is 1. The lowest BCUT2D eigenvalue weighted by Gasteiger charge is -2.22. The fourth-order valence-corrected chi connectivity index (χ4v) is 2.76. The van der Waals surface area contributed by atoms with Gasteiger partial charge in [0.1, 0.15) is 5.82 Å². The van der Waals surface area contributed by atoms with Gasteiger partial charge in [-0.2, -0.15) is 0 Å². The number of anilines is 3. The lowest BCUT2D eigenvalue weighted by Crippen LogP contribution is -2.25. The number of aliphatic hydroxyl groups excluding tert-OH is 1. The van der Waals surface area contributed by atoms with Gasteiger partial charge < -0.3 is 20.6 Å². The first kappa shape index (κ1) is 11.6. The van der Waals surface area contributed by atoms with Crippen LogP contribution in [-0.2, 0) is 0 Å². The summed E-state index contributed by atoms with van der Waals surface area (Å²) >= 11 is 0. The molecular weight excluding hydrogens is 228 g/mol. The maximum Gasteiger partial charge on any atom is 0.154 e. The van der Waals surface area contributed by atoms with Crippen molar-refractivity contribution in [2.45, 2.75) is 25.4 Å². The molecule has 1 aromatic rings. The molecule has 98 valence electrons. The van der Waals surface area contributed by atoms with Gasteiger partial charge in [-0.05, 0) is 31.4 Å². The van der Waals surface area contributed by atoms with E-state index in [1.54, 1.807) is 0 Å². The van der Waals surface area contributed by atoms with Gasteiger partial charge in [-0.1, -0.05) is 0 Å². The van der Waals surface area contributed by atoms with Crippen molar-refractivity contribution in [1.82, 2.24) is 4.98 Å². The normalized spacial score (nSPS) is 23.9. The van der Waals surface area contributed by atoms with E-state index in [0.29, 0.717) is 6.54 Å². The first-order valence-corrected chi connectivity index (χ1v) is 6.68. The highest BCUT2D eigenvalue weighted by atomic mass is 16.3. The number of nitrogens with two attached hydrogens (primary N) is 1. The number of rotatable bonds is 2. The Morgan fingerprint density at radius 3 is 2.61 bits per heavy atom. The van der Waals surface area contributed by atoms with E-state index >= 15 is 0 Å². The van der Waals surface area contributed by atoms with Crippen molar-refractivity contribution in [3.05, 3.63) is 12.1 Å². The molecule has 0 aliphatic carbocycles. The molecule has 2 aliphatic rings. The predicted molar refractivity (Wildman–Crippen MR) is 72.9 cm³/mol. The first-order valence-electron chi connectivity index (χ1n) is 6.68. The monoisotopic (exact) mass is 248 g/mol. The Hall–Kier alpha value is -1.49. The smallest absolute Gasteiger partial charge is 0.154 e. The number of hydrogen-bond acceptors (Lipinski definition) is 5. The van der Waals surface area contributed by atoms with Crippen LogP contribution in [-0.4, -0.2) is 42.4 Å². The van der Waals surface area contributed by atoms with Crippen LogP contribution in [0.5, 0.6) is 0 Å². The molecule has 1 atom stereocenters. The average molecular weight is 248 g/mol. The van der Waals surface area contributed by atoms with E-state index in [2.05, 4.69) is 14.8 Å². The van der Waals surface area contributed by atoms with Crippen molar-refractivity contribution in [1.29, 1.82) is 0 Å². The molecule has 2 saturated heterocycles. The quantitative estimate of drug-likeness (QED) is 0.811. The van der Waals surface area contributed by atoms with Gasteiger partial charge in [0.15, 0.2) is 5.82 Å². The molecule has 0 aromatic carbocycles. The number of hydrogen-bond donors (Lipinski definition) is 2. The zero-order chi connectivity index (χ0) is 12.5. The van der Waals surface area contributed by atoms with Crippen LogP contribution >= 0.6 is 0 Å². The van der Waals surface area contributed by atoms with Crippen LogP contribution in [0.4, 0.5) is 17.3 Å². The van der Waals surface area contributed by atoms with Gasteiger partial charge in [-0.3, -0.25) is 0 Å². The van der Waals surface area contributed by atoms with Crippen LogP contribution in [0.15, 0.2) is 12.1 Å². The van der Waals surface area contributed by atoms with Gasteiger partial charge in [0.05, 0.1) is 11.8 Å². The van der Waals surface area contributed by atoms with Crippen LogP contribution in [0.2, 0.25) is 0 Å². The molecule has 2 aliphatic heterocycles. The van der Waals surface area contributed by atoms with E-state index in [-0.39, 0.29) is 6.10 Å². The van der Waals surface area contributed by atoms with Gasteiger partial charge >= 0.3 is 0 Å². The topological polar surface area (TPSA) is 65.6 Å². The number of nitrogens with zero attached hydrogens (tertiary/aromatic N) is 3. The second-order valence-corrected chi connectivity index (χ2v) is 5.16. The fourth-order valence-electron chi connectivity index (χ4n) is 2.76. The summed E-state index contributed by atoms with van der Waals surface area (Å²) in [6.45, 7) is 3.64. The van der Waals surface area contributed by atoms with Crippen LogP contribution < -0.4 is 15.5 Å². The lowest BCUT2D eigenvalue weighted by atomic mass is 10.3. The Labute approximate surface area is 107 Å². The van der Waals surface area contributed by atoms with Crippen molar-refractivity contribution in [2.24, 2.45) is 0 Å². The molecule has 5 heteroatoms. The Kier molecular flexibility index (Phi) is 2.99. The SMILES string of the molecule is Nc1ccc(N2CCC(O)C2)nc1N1CCCC1. The molecule has 18 heavy (non-hydrogen) atoms. The molecule has 1 unspecified atom stereocenters. The zero-order valence-corrected chi connectivity index (χ0v) is 10.5. The fraction of sp³-hybridized carbons (Fsp3) is 0.615. The second-order valence-electron chi connectivity index (χ2n) is 5.16. The summed E-state index contributed by atoms with van der Waals surface area (Å²) < 4.78 is 0. The average Bonchev–Trinajstić information content (AvgIpc) is 3.01. The van der Waals surface area contributed by atoms with Crippen molar-refractivity contribution in [3.8, 4) is 0 Å². The molecule has 0 radical (unpaired) electrons. The zero-order valence-electron chi connectivity index (χ0n) is 10.5. The van der Waals surface area contributed by atoms with Gasteiger partial charge in [0.2, 0.25) is 0 Å². The summed E-state index contributed by atoms with van der Waals surface area (Å²) in [5.41, 5.74) is 6.77. The van der Waals surface area contributed by atoms with Crippen LogP contribution in [0.1, 0.15) is 19.3 Å². The van der Waals surface area contributed by atoms with Gasteiger partial charge in [-0.15, -0.1) is 0 Å². The van der Waals surface area contributed by atoms with Crippen LogP contribution in [0.25, 0.3) is 0 Å². The summed E-state index contributed by atoms with van der Waals surface area (Å²) in [5.74, 6) is 1.84. The second kappa shape index (κ2) is 4.65. The van der Waals surface area contributed by atoms with Crippen molar-refractivity contribution in [3.63, 3.8) is 0 Å². The molecule has 0 amide bonds. The van der Waals surface area contributed by atoms with Gasteiger partial charge in [0.25, 0.3) is 0 Å². The number of aromatic nitrogens is 1. The summed E-state index contributed by atoms with van der Waals surface area (Å²) in [5, 5.41) is 9.59. The summed E-state index contributed by atoms with van der Waals surface area (Å²) in [6.07, 6.45) is 3.03. The summed E-state index contributed by atoms with van der Waals surface area (Å²) in [4.78, 5) is 9.07. The molecule has 3 rings (SSSR count). The minimum absolute atomic E-state index is 0.223. The standard InChI is InChI=1S/C13H20N4O/c14-11-3-4-12(17-8-5-10(18)9-17)15-13(11)16-6-1-2-7-16/h3-4,10,18H,1-2,5-9,14H2. The van der Waals surface area contributed by atoms with Crippen LogP contribution in [0.3, 0.4) is 0 Å². The van der Waals surface area contributed by atoms with Gasteiger partial charge in [0, 0.05) is 26.2 Å². The molecule has 0 spiro atoms. The Balaban J connectivity index is 1.85. The van der Waals surface area contributed by atoms with Crippen LogP contribution in [0, 0.1) is 0 Å². The first-order chi connectivity index (χ1) is 8.74. The van der Waals surface area contributed by atoms with Crippen molar-refractivity contribution >= 4 is 17.3 Å². The molecule has 3 heterocycles. The van der Waals surface area contributed by atoms with Crippen molar-refractivity contribution < 1.29 is 5.11 Å². The highest BCUT2D eigenvalue weighted by Gasteiger charge is 2.23. The van der Waals surface area contributed by atoms with E-state index in [1.165, 1.54) is 12.8 Å². The van der Waals surface area contributed by atoms with Crippen molar-refractivity contribution in [2.75, 3.05) is 41.7 Å². The molecule has 3 N–H and O–H groups in total. The van der Waals surface area contributed by atoms with E-state index in [4.69, 9.17) is 5.73 Å². The minimum Gasteiger partial charge on any atom is -0.396 e. The largest absolute Gasteiger partial charge is 0.396 e. The molecule has 1 aromatic heterocycles. The molecule has 0 bridgehead atoms. The highest BCUT2D eigenvalue weighted by Crippen LogP contribution is 2.28. The number of pyridine rings is 1. The Morgan fingerprint density at radius 2 is 1.94 bits per heavy atom. The lowest BCUT2D eigenvalue weighted by molar-refractivity contribution is 0.198. The van der Waals surface area contributed by atoms with E-state index < -0.39 is 0 Å².